The van der Waals surface area contributed by atoms with Crippen LogP contribution in [0.15, 0.2) is 0 Å². The molecule has 1 rings (SSSR count). The zero-order chi connectivity index (χ0) is 13.8. The molecule has 0 aromatic heterocycles. The van der Waals surface area contributed by atoms with E-state index in [1.165, 1.54) is 6.42 Å². The fraction of sp³-hybridized carbons (Fsp3) is 0.933. The van der Waals surface area contributed by atoms with Gasteiger partial charge in [-0.15, -0.1) is 0 Å². The molecule has 104 valence electrons. The molecule has 0 radical (unpaired) electrons. The van der Waals surface area contributed by atoms with E-state index in [4.69, 9.17) is 0 Å². The van der Waals surface area contributed by atoms with Gasteiger partial charge in [-0.25, -0.2) is 0 Å². The molecule has 0 aliphatic heterocycles. The number of hydrogen-bond donors (Lipinski definition) is 1. The molecule has 3 nitrogen and oxygen atoms in total. The lowest BCUT2D eigenvalue weighted by Crippen LogP contribution is -2.46. The number of nitriles is 1. The highest BCUT2D eigenvalue weighted by Gasteiger charge is 2.40. The van der Waals surface area contributed by atoms with Crippen molar-refractivity contribution in [1.29, 1.82) is 5.26 Å². The Labute approximate surface area is 113 Å². The van der Waals surface area contributed by atoms with E-state index in [9.17, 15) is 5.26 Å². The zero-order valence-electron chi connectivity index (χ0n) is 12.7. The van der Waals surface area contributed by atoms with Gasteiger partial charge >= 0.3 is 0 Å². The molecule has 0 aromatic carbocycles. The van der Waals surface area contributed by atoms with Crippen molar-refractivity contribution in [2.24, 2.45) is 5.92 Å². The maximum Gasteiger partial charge on any atom is 0.108 e. The summed E-state index contributed by atoms with van der Waals surface area (Å²) < 4.78 is 0. The van der Waals surface area contributed by atoms with E-state index >= 15 is 0 Å². The van der Waals surface area contributed by atoms with Crippen LogP contribution in [-0.4, -0.2) is 36.1 Å². The lowest BCUT2D eigenvalue weighted by molar-refractivity contribution is 0.222. The minimum atomic E-state index is -0.287. The maximum absolute atomic E-state index is 9.45. The molecule has 2 unspecified atom stereocenters. The van der Waals surface area contributed by atoms with Gasteiger partial charge in [0.15, 0.2) is 0 Å². The third-order valence-electron chi connectivity index (χ3n) is 3.95. The van der Waals surface area contributed by atoms with Crippen LogP contribution in [0.5, 0.6) is 0 Å². The Morgan fingerprint density at radius 1 is 1.39 bits per heavy atom. The van der Waals surface area contributed by atoms with Crippen molar-refractivity contribution in [3.63, 3.8) is 0 Å². The van der Waals surface area contributed by atoms with Crippen LogP contribution in [0, 0.1) is 17.2 Å². The molecular weight excluding hydrogens is 222 g/mol. The molecule has 1 saturated carbocycles. The Hall–Kier alpha value is -0.590. The fourth-order valence-corrected chi connectivity index (χ4v) is 2.86. The average Bonchev–Trinajstić information content (AvgIpc) is 2.70. The topological polar surface area (TPSA) is 39.1 Å². The number of hydrogen-bond acceptors (Lipinski definition) is 3. The van der Waals surface area contributed by atoms with E-state index in [0.717, 1.165) is 31.7 Å². The van der Waals surface area contributed by atoms with Crippen LogP contribution in [0.3, 0.4) is 0 Å². The van der Waals surface area contributed by atoms with Crippen molar-refractivity contribution in [2.45, 2.75) is 71.0 Å². The Morgan fingerprint density at radius 2 is 2.06 bits per heavy atom. The van der Waals surface area contributed by atoms with Gasteiger partial charge in [0.2, 0.25) is 0 Å². The van der Waals surface area contributed by atoms with Gasteiger partial charge in [0.25, 0.3) is 0 Å². The molecule has 0 bridgehead atoms. The fourth-order valence-electron chi connectivity index (χ4n) is 2.86. The molecule has 1 N–H and O–H groups in total. The van der Waals surface area contributed by atoms with E-state index in [2.05, 4.69) is 51.0 Å². The number of nitrogens with zero attached hydrogens (tertiary/aromatic N) is 2. The summed E-state index contributed by atoms with van der Waals surface area (Å²) in [4.78, 5) is 2.45. The summed E-state index contributed by atoms with van der Waals surface area (Å²) >= 11 is 0. The second-order valence-electron chi connectivity index (χ2n) is 6.55. The van der Waals surface area contributed by atoms with E-state index in [1.807, 2.05) is 0 Å². The zero-order valence-corrected chi connectivity index (χ0v) is 12.7. The van der Waals surface area contributed by atoms with Crippen LogP contribution in [0.2, 0.25) is 0 Å². The monoisotopic (exact) mass is 251 g/mol. The number of nitrogens with one attached hydrogen (secondary N) is 1. The van der Waals surface area contributed by atoms with Crippen molar-refractivity contribution in [1.82, 2.24) is 10.2 Å². The van der Waals surface area contributed by atoms with Crippen LogP contribution >= 0.6 is 0 Å². The van der Waals surface area contributed by atoms with Gasteiger partial charge in [0, 0.05) is 12.1 Å². The summed E-state index contributed by atoms with van der Waals surface area (Å²) in [5.41, 5.74) is -0.287. The first-order chi connectivity index (χ1) is 8.38. The quantitative estimate of drug-likeness (QED) is 0.789. The smallest absolute Gasteiger partial charge is 0.108 e. The average molecular weight is 251 g/mol. The third kappa shape index (κ3) is 4.26. The highest BCUT2D eigenvalue weighted by Crippen LogP contribution is 2.32. The van der Waals surface area contributed by atoms with Gasteiger partial charge in [0.1, 0.15) is 5.54 Å². The summed E-state index contributed by atoms with van der Waals surface area (Å²) in [7, 11) is 2.20. The highest BCUT2D eigenvalue weighted by atomic mass is 15.1. The molecule has 1 fully saturated rings. The Bertz CT molecular complexity index is 293. The normalized spacial score (nSPS) is 28.3. The van der Waals surface area contributed by atoms with Gasteiger partial charge in [-0.05, 0) is 59.0 Å². The van der Waals surface area contributed by atoms with Crippen molar-refractivity contribution in [3.05, 3.63) is 0 Å². The van der Waals surface area contributed by atoms with Crippen LogP contribution in [-0.2, 0) is 0 Å². The summed E-state index contributed by atoms with van der Waals surface area (Å²) in [6, 6.07) is 3.46. The first-order valence-corrected chi connectivity index (χ1v) is 7.28. The predicted molar refractivity (Wildman–Crippen MR) is 76.3 cm³/mol. The molecule has 1 aliphatic carbocycles. The van der Waals surface area contributed by atoms with Gasteiger partial charge < -0.3 is 4.90 Å². The predicted octanol–water partition coefficient (Wildman–Crippen LogP) is 2.78. The van der Waals surface area contributed by atoms with Gasteiger partial charge in [-0.2, -0.15) is 5.26 Å². The highest BCUT2D eigenvalue weighted by molar-refractivity contribution is 5.13. The first kappa shape index (κ1) is 15.5. The summed E-state index contributed by atoms with van der Waals surface area (Å²) in [6.07, 6.45) is 4.33. The molecule has 0 spiro atoms. The standard InChI is InChI=1S/C15H29N3/c1-12(2)7-9-18(5)14-6-8-15(10-14,11-16)17-13(3)4/h12-14,17H,6-10H2,1-5H3. The molecule has 0 heterocycles. The largest absolute Gasteiger partial charge is 0.303 e. The molecule has 0 aromatic rings. The van der Waals surface area contributed by atoms with E-state index in [0.29, 0.717) is 12.1 Å². The molecule has 1 aliphatic rings. The second-order valence-corrected chi connectivity index (χ2v) is 6.55. The molecular formula is C15H29N3. The first-order valence-electron chi connectivity index (χ1n) is 7.28. The lowest BCUT2D eigenvalue weighted by Gasteiger charge is -2.28. The van der Waals surface area contributed by atoms with Crippen LogP contribution < -0.4 is 5.32 Å². The lowest BCUT2D eigenvalue weighted by atomic mass is 9.98. The van der Waals surface area contributed by atoms with Gasteiger partial charge in [0.05, 0.1) is 6.07 Å². The molecule has 18 heavy (non-hydrogen) atoms. The maximum atomic E-state index is 9.45. The molecule has 0 amide bonds. The minimum absolute atomic E-state index is 0.287. The van der Waals surface area contributed by atoms with Crippen molar-refractivity contribution >= 4 is 0 Å². The third-order valence-corrected chi connectivity index (χ3v) is 3.95. The van der Waals surface area contributed by atoms with Gasteiger partial charge in [-0.1, -0.05) is 13.8 Å². The van der Waals surface area contributed by atoms with Crippen LogP contribution in [0.1, 0.15) is 53.4 Å². The Morgan fingerprint density at radius 3 is 2.56 bits per heavy atom. The van der Waals surface area contributed by atoms with E-state index in [1.54, 1.807) is 0 Å². The second kappa shape index (κ2) is 6.54. The van der Waals surface area contributed by atoms with Crippen LogP contribution in [0.4, 0.5) is 0 Å². The van der Waals surface area contributed by atoms with Crippen molar-refractivity contribution in [3.8, 4) is 6.07 Å². The Balaban J connectivity index is 2.51. The summed E-state index contributed by atoms with van der Waals surface area (Å²) in [5, 5.41) is 12.9. The molecule has 0 saturated heterocycles. The Kier molecular flexibility index (Phi) is 5.62. The molecule has 2 atom stereocenters. The van der Waals surface area contributed by atoms with Crippen molar-refractivity contribution < 1.29 is 0 Å². The molecule has 3 heteroatoms. The summed E-state index contributed by atoms with van der Waals surface area (Å²) in [5.74, 6) is 0.753. The summed E-state index contributed by atoms with van der Waals surface area (Å²) in [6.45, 7) is 9.92. The number of rotatable bonds is 6. The minimum Gasteiger partial charge on any atom is -0.303 e. The van der Waals surface area contributed by atoms with E-state index < -0.39 is 0 Å². The SMILES string of the molecule is CC(C)CCN(C)C1CCC(C#N)(NC(C)C)C1. The van der Waals surface area contributed by atoms with Gasteiger partial charge in [-0.3, -0.25) is 5.32 Å². The van der Waals surface area contributed by atoms with E-state index in [-0.39, 0.29) is 5.54 Å². The van der Waals surface area contributed by atoms with Crippen molar-refractivity contribution in [2.75, 3.05) is 13.6 Å². The van der Waals surface area contributed by atoms with Crippen LogP contribution in [0.25, 0.3) is 0 Å².